The molecule has 24 heavy (non-hydrogen) atoms. The predicted octanol–water partition coefficient (Wildman–Crippen LogP) is 3.78. The Morgan fingerprint density at radius 3 is 2.42 bits per heavy atom. The lowest BCUT2D eigenvalue weighted by molar-refractivity contribution is -0.274. The number of aromatic nitrogens is 2. The summed E-state index contributed by atoms with van der Waals surface area (Å²) in [6, 6.07) is 12.2. The molecule has 0 fully saturated rings. The number of nitrogens with one attached hydrogen (secondary N) is 1. The Morgan fingerprint density at radius 1 is 1.00 bits per heavy atom. The summed E-state index contributed by atoms with van der Waals surface area (Å²) in [4.78, 5) is 20.5. The fourth-order valence-electron chi connectivity index (χ4n) is 2.04. The number of carbonyl (C=O) groups is 1. The van der Waals surface area contributed by atoms with E-state index in [0.717, 1.165) is 6.07 Å². The van der Waals surface area contributed by atoms with Crippen molar-refractivity contribution in [2.24, 2.45) is 0 Å². The van der Waals surface area contributed by atoms with Gasteiger partial charge in [0, 0.05) is 0 Å². The third-order valence-corrected chi connectivity index (χ3v) is 3.04. The van der Waals surface area contributed by atoms with Crippen LogP contribution in [0.25, 0.3) is 11.0 Å². The lowest BCUT2D eigenvalue weighted by atomic mass is 10.2. The molecule has 0 aliphatic heterocycles. The Morgan fingerprint density at radius 2 is 1.67 bits per heavy atom. The van der Waals surface area contributed by atoms with Crippen LogP contribution in [0.2, 0.25) is 0 Å². The number of anilines is 1. The normalized spacial score (nSPS) is 11.3. The Hall–Kier alpha value is -3.16. The summed E-state index contributed by atoms with van der Waals surface area (Å²) < 4.78 is 41.1. The van der Waals surface area contributed by atoms with Gasteiger partial charge in [0.05, 0.1) is 22.9 Å². The van der Waals surface area contributed by atoms with E-state index in [4.69, 9.17) is 0 Å². The van der Waals surface area contributed by atoms with Crippen LogP contribution in [-0.2, 0) is 0 Å². The zero-order valence-electron chi connectivity index (χ0n) is 12.0. The Kier molecular flexibility index (Phi) is 4.03. The first-order chi connectivity index (χ1) is 11.4. The van der Waals surface area contributed by atoms with Gasteiger partial charge in [0.25, 0.3) is 5.91 Å². The summed E-state index contributed by atoms with van der Waals surface area (Å²) in [5, 5.41) is 2.35. The molecule has 1 N–H and O–H groups in total. The van der Waals surface area contributed by atoms with E-state index in [1.165, 1.54) is 24.4 Å². The van der Waals surface area contributed by atoms with Gasteiger partial charge in [-0.1, -0.05) is 24.3 Å². The molecule has 0 saturated carbocycles. The van der Waals surface area contributed by atoms with Crippen molar-refractivity contribution in [2.45, 2.75) is 6.36 Å². The fourth-order valence-corrected chi connectivity index (χ4v) is 2.04. The van der Waals surface area contributed by atoms with E-state index >= 15 is 0 Å². The molecule has 1 aromatic heterocycles. The number of fused-ring (bicyclic) bond motifs is 1. The molecule has 2 aromatic carbocycles. The van der Waals surface area contributed by atoms with Crippen LogP contribution in [0.1, 0.15) is 10.5 Å². The summed E-state index contributed by atoms with van der Waals surface area (Å²) in [6.07, 6.45) is -3.60. The zero-order valence-corrected chi connectivity index (χ0v) is 12.0. The van der Waals surface area contributed by atoms with Gasteiger partial charge in [-0.2, -0.15) is 0 Å². The third kappa shape index (κ3) is 3.60. The minimum absolute atomic E-state index is 0.0180. The van der Waals surface area contributed by atoms with Gasteiger partial charge in [-0.3, -0.25) is 9.78 Å². The molecule has 3 aromatic rings. The zero-order chi connectivity index (χ0) is 17.2. The van der Waals surface area contributed by atoms with Crippen LogP contribution in [0, 0.1) is 0 Å². The topological polar surface area (TPSA) is 64.1 Å². The molecular formula is C16H10F3N3O2. The van der Waals surface area contributed by atoms with Crippen molar-refractivity contribution in [1.29, 1.82) is 0 Å². The number of nitrogens with zero attached hydrogens (tertiary/aromatic N) is 2. The van der Waals surface area contributed by atoms with Crippen molar-refractivity contribution in [3.8, 4) is 5.75 Å². The number of benzene rings is 2. The molecule has 1 heterocycles. The van der Waals surface area contributed by atoms with Crippen molar-refractivity contribution in [2.75, 3.05) is 5.32 Å². The SMILES string of the molecule is O=C(Nc1ccccc1OC(F)(F)F)c1cnc2ccccc2n1. The average Bonchev–Trinajstić information content (AvgIpc) is 2.55. The van der Waals surface area contributed by atoms with Crippen LogP contribution in [0.15, 0.2) is 54.7 Å². The van der Waals surface area contributed by atoms with Gasteiger partial charge in [0.15, 0.2) is 5.75 Å². The maximum Gasteiger partial charge on any atom is 0.573 e. The van der Waals surface area contributed by atoms with Crippen molar-refractivity contribution in [1.82, 2.24) is 9.97 Å². The lowest BCUT2D eigenvalue weighted by Gasteiger charge is -2.13. The highest BCUT2D eigenvalue weighted by Crippen LogP contribution is 2.30. The summed E-state index contributed by atoms with van der Waals surface area (Å²) >= 11 is 0. The van der Waals surface area contributed by atoms with Crippen LogP contribution in [-0.4, -0.2) is 22.2 Å². The number of alkyl halides is 3. The number of carbonyl (C=O) groups excluding carboxylic acids is 1. The first-order valence-electron chi connectivity index (χ1n) is 6.80. The molecule has 5 nitrogen and oxygen atoms in total. The second-order valence-electron chi connectivity index (χ2n) is 4.74. The number of ether oxygens (including phenoxy) is 1. The molecule has 122 valence electrons. The van der Waals surface area contributed by atoms with Crippen LogP contribution in [0.5, 0.6) is 5.75 Å². The Labute approximate surface area is 134 Å². The molecule has 0 aliphatic carbocycles. The molecule has 0 spiro atoms. The number of rotatable bonds is 3. The minimum Gasteiger partial charge on any atom is -0.404 e. The van der Waals surface area contributed by atoms with Crippen molar-refractivity contribution in [3.05, 3.63) is 60.4 Å². The maximum atomic E-state index is 12.4. The predicted molar refractivity (Wildman–Crippen MR) is 80.6 cm³/mol. The van der Waals surface area contributed by atoms with Crippen molar-refractivity contribution in [3.63, 3.8) is 0 Å². The van der Waals surface area contributed by atoms with E-state index in [1.807, 2.05) is 0 Å². The Balaban J connectivity index is 1.86. The highest BCUT2D eigenvalue weighted by Gasteiger charge is 2.32. The smallest absolute Gasteiger partial charge is 0.404 e. The average molecular weight is 333 g/mol. The van der Waals surface area contributed by atoms with E-state index in [2.05, 4.69) is 20.0 Å². The molecule has 0 aliphatic rings. The standard InChI is InChI=1S/C16H10F3N3O2/c17-16(18,19)24-14-8-4-3-7-12(14)22-15(23)13-9-20-10-5-1-2-6-11(10)21-13/h1-9H,(H,22,23). The number of hydrogen-bond acceptors (Lipinski definition) is 4. The maximum absolute atomic E-state index is 12.4. The van der Waals surface area contributed by atoms with Gasteiger partial charge in [0.1, 0.15) is 5.69 Å². The first-order valence-corrected chi connectivity index (χ1v) is 6.80. The largest absolute Gasteiger partial charge is 0.573 e. The van der Waals surface area contributed by atoms with E-state index in [9.17, 15) is 18.0 Å². The van der Waals surface area contributed by atoms with E-state index < -0.39 is 18.0 Å². The van der Waals surface area contributed by atoms with Gasteiger partial charge < -0.3 is 10.1 Å². The van der Waals surface area contributed by atoms with Gasteiger partial charge in [-0.05, 0) is 24.3 Å². The van der Waals surface area contributed by atoms with E-state index in [0.29, 0.717) is 11.0 Å². The lowest BCUT2D eigenvalue weighted by Crippen LogP contribution is -2.20. The van der Waals surface area contributed by atoms with Crippen LogP contribution in [0.4, 0.5) is 18.9 Å². The molecule has 1 amide bonds. The molecule has 0 bridgehead atoms. The molecular weight excluding hydrogens is 323 g/mol. The highest BCUT2D eigenvalue weighted by molar-refractivity contribution is 6.04. The monoisotopic (exact) mass is 333 g/mol. The summed E-state index contributed by atoms with van der Waals surface area (Å²) in [6.45, 7) is 0. The van der Waals surface area contributed by atoms with Crippen molar-refractivity contribution < 1.29 is 22.7 Å². The molecule has 0 radical (unpaired) electrons. The molecule has 0 atom stereocenters. The second-order valence-corrected chi connectivity index (χ2v) is 4.74. The fraction of sp³-hybridized carbons (Fsp3) is 0.0625. The highest BCUT2D eigenvalue weighted by atomic mass is 19.4. The summed E-state index contributed by atoms with van der Waals surface area (Å²) in [5.41, 5.74) is 0.977. The van der Waals surface area contributed by atoms with Crippen LogP contribution < -0.4 is 10.1 Å². The first kappa shape index (κ1) is 15.7. The quantitative estimate of drug-likeness (QED) is 0.792. The number of hydrogen-bond donors (Lipinski definition) is 1. The van der Waals surface area contributed by atoms with Gasteiger partial charge >= 0.3 is 6.36 Å². The Bertz CT molecular complexity index is 897. The summed E-state index contributed by atoms with van der Waals surface area (Å²) in [7, 11) is 0. The number of amides is 1. The van der Waals surface area contributed by atoms with Crippen LogP contribution in [0.3, 0.4) is 0 Å². The molecule has 0 saturated heterocycles. The number of para-hydroxylation sites is 4. The molecule has 8 heteroatoms. The van der Waals surface area contributed by atoms with Gasteiger partial charge in [0.2, 0.25) is 0 Å². The molecule has 0 unspecified atom stereocenters. The second kappa shape index (κ2) is 6.15. The van der Waals surface area contributed by atoms with Gasteiger partial charge in [-0.25, -0.2) is 4.98 Å². The third-order valence-electron chi connectivity index (χ3n) is 3.04. The molecule has 3 rings (SSSR count). The minimum atomic E-state index is -4.86. The van der Waals surface area contributed by atoms with Crippen molar-refractivity contribution >= 4 is 22.6 Å². The van der Waals surface area contributed by atoms with E-state index in [1.54, 1.807) is 24.3 Å². The number of halogens is 3. The van der Waals surface area contributed by atoms with Gasteiger partial charge in [-0.15, -0.1) is 13.2 Å². The summed E-state index contributed by atoms with van der Waals surface area (Å²) in [5.74, 6) is -1.20. The van der Waals surface area contributed by atoms with E-state index in [-0.39, 0.29) is 11.4 Å². The van der Waals surface area contributed by atoms with Crippen LogP contribution >= 0.6 is 0 Å².